The van der Waals surface area contributed by atoms with E-state index in [2.05, 4.69) is 57.0 Å². The fraction of sp³-hybridized carbons (Fsp3) is 0.250. The summed E-state index contributed by atoms with van der Waals surface area (Å²) in [6.07, 6.45) is 4.32. The highest BCUT2D eigenvalue weighted by Gasteiger charge is 2.07. The number of hydrogen-bond acceptors (Lipinski definition) is 1. The van der Waals surface area contributed by atoms with Crippen LogP contribution in [0.5, 0.6) is 0 Å². The van der Waals surface area contributed by atoms with E-state index >= 15 is 0 Å². The van der Waals surface area contributed by atoms with Crippen LogP contribution in [0.25, 0.3) is 27.8 Å². The standard InChI is InChI=1S/C20H21NO/c1-13-5-8-18-17(11-13)16-12-14(9-10-20(2,3)4)6-7-15(16)19(22)21-18/h5-12H,1-4H3,(H,21,22). The monoisotopic (exact) mass is 291 g/mol. The molecule has 0 saturated carbocycles. The van der Waals surface area contributed by atoms with Gasteiger partial charge in [0.1, 0.15) is 0 Å². The van der Waals surface area contributed by atoms with Gasteiger partial charge in [0.25, 0.3) is 5.56 Å². The van der Waals surface area contributed by atoms with Gasteiger partial charge >= 0.3 is 0 Å². The molecule has 1 heterocycles. The van der Waals surface area contributed by atoms with Crippen molar-refractivity contribution in [1.29, 1.82) is 0 Å². The molecule has 2 nitrogen and oxygen atoms in total. The topological polar surface area (TPSA) is 32.9 Å². The number of H-pyrrole nitrogens is 1. The second-order valence-electron chi connectivity index (χ2n) is 7.01. The van der Waals surface area contributed by atoms with Gasteiger partial charge in [-0.05, 0) is 47.6 Å². The molecule has 1 N–H and O–H groups in total. The molecule has 0 aliphatic heterocycles. The van der Waals surface area contributed by atoms with Gasteiger partial charge < -0.3 is 4.98 Å². The van der Waals surface area contributed by atoms with E-state index in [4.69, 9.17) is 0 Å². The number of fused-ring (bicyclic) bond motifs is 3. The number of allylic oxidation sites excluding steroid dienone is 1. The van der Waals surface area contributed by atoms with Crippen molar-refractivity contribution in [2.45, 2.75) is 27.7 Å². The second kappa shape index (κ2) is 5.13. The molecule has 0 amide bonds. The predicted molar refractivity (Wildman–Crippen MR) is 95.3 cm³/mol. The largest absolute Gasteiger partial charge is 0.321 e. The van der Waals surface area contributed by atoms with E-state index in [-0.39, 0.29) is 11.0 Å². The summed E-state index contributed by atoms with van der Waals surface area (Å²) < 4.78 is 0. The lowest BCUT2D eigenvalue weighted by Crippen LogP contribution is -2.06. The van der Waals surface area contributed by atoms with E-state index in [0.717, 1.165) is 27.2 Å². The number of aromatic nitrogens is 1. The zero-order chi connectivity index (χ0) is 15.9. The number of nitrogens with one attached hydrogen (secondary N) is 1. The fourth-order valence-corrected chi connectivity index (χ4v) is 2.61. The van der Waals surface area contributed by atoms with Gasteiger partial charge in [0.15, 0.2) is 0 Å². The molecule has 1 aromatic heterocycles. The van der Waals surface area contributed by atoms with Crippen molar-refractivity contribution in [3.05, 3.63) is 64.0 Å². The first-order valence-corrected chi connectivity index (χ1v) is 7.59. The minimum atomic E-state index is -0.0299. The van der Waals surface area contributed by atoms with Gasteiger partial charge in [-0.3, -0.25) is 4.79 Å². The van der Waals surface area contributed by atoms with E-state index in [1.54, 1.807) is 0 Å². The van der Waals surface area contributed by atoms with E-state index in [9.17, 15) is 4.79 Å². The first-order valence-electron chi connectivity index (χ1n) is 7.59. The summed E-state index contributed by atoms with van der Waals surface area (Å²) >= 11 is 0. The lowest BCUT2D eigenvalue weighted by atomic mass is 9.94. The Labute approximate surface area is 130 Å². The zero-order valence-corrected chi connectivity index (χ0v) is 13.5. The summed E-state index contributed by atoms with van der Waals surface area (Å²) in [6, 6.07) is 12.1. The molecule has 0 aliphatic rings. The van der Waals surface area contributed by atoms with Crippen LogP contribution in [0.3, 0.4) is 0 Å². The van der Waals surface area contributed by atoms with Crippen molar-refractivity contribution in [3.8, 4) is 0 Å². The first-order chi connectivity index (χ1) is 10.3. The van der Waals surface area contributed by atoms with Crippen molar-refractivity contribution < 1.29 is 0 Å². The maximum atomic E-state index is 12.2. The molecule has 0 radical (unpaired) electrons. The third-order valence-electron chi connectivity index (χ3n) is 3.78. The van der Waals surface area contributed by atoms with Crippen molar-refractivity contribution in [2.75, 3.05) is 0 Å². The molecule has 0 aliphatic carbocycles. The Hall–Kier alpha value is -2.35. The number of pyridine rings is 1. The van der Waals surface area contributed by atoms with E-state index in [0.29, 0.717) is 0 Å². The SMILES string of the molecule is Cc1ccc2[nH]c(=O)c3ccc(C=CC(C)(C)C)cc3c2c1. The Bertz CT molecular complexity index is 939. The normalized spacial score (nSPS) is 12.5. The molecular formula is C20H21NO. The van der Waals surface area contributed by atoms with Crippen LogP contribution in [-0.4, -0.2) is 4.98 Å². The maximum absolute atomic E-state index is 12.2. The molecule has 0 fully saturated rings. The minimum Gasteiger partial charge on any atom is -0.321 e. The summed E-state index contributed by atoms with van der Waals surface area (Å²) in [6.45, 7) is 8.59. The van der Waals surface area contributed by atoms with Gasteiger partial charge in [-0.1, -0.05) is 50.6 Å². The molecule has 0 saturated heterocycles. The lowest BCUT2D eigenvalue weighted by molar-refractivity contribution is 0.547. The van der Waals surface area contributed by atoms with Gasteiger partial charge in [-0.15, -0.1) is 0 Å². The third kappa shape index (κ3) is 2.82. The van der Waals surface area contributed by atoms with Crippen molar-refractivity contribution in [3.63, 3.8) is 0 Å². The van der Waals surface area contributed by atoms with Crippen molar-refractivity contribution >= 4 is 27.8 Å². The fourth-order valence-electron chi connectivity index (χ4n) is 2.61. The maximum Gasteiger partial charge on any atom is 0.256 e. The summed E-state index contributed by atoms with van der Waals surface area (Å²) in [5.74, 6) is 0. The van der Waals surface area contributed by atoms with E-state index < -0.39 is 0 Å². The molecule has 112 valence electrons. The van der Waals surface area contributed by atoms with Crippen molar-refractivity contribution in [2.24, 2.45) is 5.41 Å². The molecule has 0 bridgehead atoms. The highest BCUT2D eigenvalue weighted by Crippen LogP contribution is 2.25. The third-order valence-corrected chi connectivity index (χ3v) is 3.78. The molecule has 2 aromatic carbocycles. The second-order valence-corrected chi connectivity index (χ2v) is 7.01. The van der Waals surface area contributed by atoms with Gasteiger partial charge in [-0.25, -0.2) is 0 Å². The smallest absolute Gasteiger partial charge is 0.256 e. The van der Waals surface area contributed by atoms with Gasteiger partial charge in [0.2, 0.25) is 0 Å². The molecule has 22 heavy (non-hydrogen) atoms. The molecule has 0 atom stereocenters. The highest BCUT2D eigenvalue weighted by molar-refractivity contribution is 6.06. The molecule has 3 rings (SSSR count). The molecular weight excluding hydrogens is 270 g/mol. The van der Waals surface area contributed by atoms with Gasteiger partial charge in [-0.2, -0.15) is 0 Å². The van der Waals surface area contributed by atoms with Crippen LogP contribution in [-0.2, 0) is 0 Å². The van der Waals surface area contributed by atoms with Crippen LogP contribution >= 0.6 is 0 Å². The van der Waals surface area contributed by atoms with Crippen LogP contribution in [0.15, 0.2) is 47.3 Å². The number of aromatic amines is 1. The summed E-state index contributed by atoms with van der Waals surface area (Å²) in [5.41, 5.74) is 3.31. The first kappa shape index (κ1) is 14.6. The number of rotatable bonds is 1. The van der Waals surface area contributed by atoms with Crippen LogP contribution in [0.2, 0.25) is 0 Å². The van der Waals surface area contributed by atoms with E-state index in [1.165, 1.54) is 5.56 Å². The van der Waals surface area contributed by atoms with Crippen LogP contribution < -0.4 is 5.56 Å². The Morgan fingerprint density at radius 2 is 1.73 bits per heavy atom. The molecule has 0 unspecified atom stereocenters. The average Bonchev–Trinajstić information content (AvgIpc) is 2.45. The summed E-state index contributed by atoms with van der Waals surface area (Å²) in [5, 5.41) is 2.85. The van der Waals surface area contributed by atoms with Crippen LogP contribution in [0.4, 0.5) is 0 Å². The van der Waals surface area contributed by atoms with E-state index in [1.807, 2.05) is 24.3 Å². The van der Waals surface area contributed by atoms with Gasteiger partial charge in [0.05, 0.1) is 0 Å². The average molecular weight is 291 g/mol. The number of hydrogen-bond donors (Lipinski definition) is 1. The Kier molecular flexibility index (Phi) is 3.40. The Balaban J connectivity index is 2.29. The molecule has 3 aromatic rings. The van der Waals surface area contributed by atoms with Crippen LogP contribution in [0, 0.1) is 12.3 Å². The Morgan fingerprint density at radius 1 is 0.955 bits per heavy atom. The summed E-state index contributed by atoms with van der Waals surface area (Å²) in [7, 11) is 0. The van der Waals surface area contributed by atoms with Crippen LogP contribution in [0.1, 0.15) is 31.9 Å². The van der Waals surface area contributed by atoms with Crippen molar-refractivity contribution in [1.82, 2.24) is 4.98 Å². The minimum absolute atomic E-state index is 0.0299. The molecule has 0 spiro atoms. The van der Waals surface area contributed by atoms with Gasteiger partial charge in [0, 0.05) is 16.3 Å². The predicted octanol–water partition coefficient (Wildman–Crippen LogP) is 5.05. The lowest BCUT2D eigenvalue weighted by Gasteiger charge is -2.11. The number of benzene rings is 2. The summed E-state index contributed by atoms with van der Waals surface area (Å²) in [4.78, 5) is 15.2. The zero-order valence-electron chi connectivity index (χ0n) is 13.5. The quantitative estimate of drug-likeness (QED) is 0.625. The molecule has 2 heteroatoms. The number of aryl methyl sites for hydroxylation is 1. The highest BCUT2D eigenvalue weighted by atomic mass is 16.1. The Morgan fingerprint density at radius 3 is 2.45 bits per heavy atom.